The molecule has 0 aliphatic heterocycles. The van der Waals surface area contributed by atoms with Crippen LogP contribution in [-0.2, 0) is 0 Å². The molecular formula is C13H11BrN2OS. The molecule has 0 aliphatic rings. The van der Waals surface area contributed by atoms with Crippen LogP contribution < -0.4 is 10.5 Å². The van der Waals surface area contributed by atoms with Crippen molar-refractivity contribution < 1.29 is 4.74 Å². The predicted molar refractivity (Wildman–Crippen MR) is 79.1 cm³/mol. The highest BCUT2D eigenvalue weighted by Gasteiger charge is 2.06. The van der Waals surface area contributed by atoms with Crippen LogP contribution in [0, 0.1) is 6.92 Å². The van der Waals surface area contributed by atoms with Gasteiger partial charge < -0.3 is 10.5 Å². The molecule has 18 heavy (non-hydrogen) atoms. The van der Waals surface area contributed by atoms with E-state index in [1.165, 1.54) is 0 Å². The molecule has 0 saturated carbocycles. The highest BCUT2D eigenvalue weighted by atomic mass is 79.9. The number of benzene rings is 1. The Balaban J connectivity index is 2.35. The number of rotatable bonds is 3. The second-order valence-electron chi connectivity index (χ2n) is 3.73. The third-order valence-electron chi connectivity index (χ3n) is 2.27. The van der Waals surface area contributed by atoms with E-state index >= 15 is 0 Å². The lowest BCUT2D eigenvalue weighted by Crippen LogP contribution is -2.10. The zero-order valence-corrected chi connectivity index (χ0v) is 12.1. The normalized spacial score (nSPS) is 10.1. The van der Waals surface area contributed by atoms with Gasteiger partial charge in [0, 0.05) is 17.3 Å². The molecule has 2 aromatic rings. The van der Waals surface area contributed by atoms with Gasteiger partial charge in [-0.05, 0) is 41.1 Å². The molecule has 0 atom stereocenters. The fourth-order valence-corrected chi connectivity index (χ4v) is 1.96. The largest absolute Gasteiger partial charge is 0.438 e. The number of pyridine rings is 1. The first-order chi connectivity index (χ1) is 8.56. The standard InChI is InChI=1S/C13H11BrN2OS/c1-8-6-9(13(15)18)7-12(16-8)17-11-5-3-2-4-10(11)14/h2-7H,1H3,(H2,15,18). The lowest BCUT2D eigenvalue weighted by atomic mass is 10.2. The van der Waals surface area contributed by atoms with Crippen LogP contribution in [0.3, 0.4) is 0 Å². The molecule has 5 heteroatoms. The van der Waals surface area contributed by atoms with Crippen LogP contribution >= 0.6 is 28.1 Å². The van der Waals surface area contributed by atoms with Crippen LogP contribution in [-0.4, -0.2) is 9.97 Å². The zero-order chi connectivity index (χ0) is 13.1. The summed E-state index contributed by atoms with van der Waals surface area (Å²) in [5, 5.41) is 0. The first-order valence-electron chi connectivity index (χ1n) is 5.27. The van der Waals surface area contributed by atoms with Crippen molar-refractivity contribution in [2.45, 2.75) is 6.92 Å². The number of aryl methyl sites for hydroxylation is 1. The Labute approximate surface area is 119 Å². The van der Waals surface area contributed by atoms with E-state index < -0.39 is 0 Å². The predicted octanol–water partition coefficient (Wildman–Crippen LogP) is 3.58. The van der Waals surface area contributed by atoms with Gasteiger partial charge in [-0.3, -0.25) is 0 Å². The van der Waals surface area contributed by atoms with Crippen LogP contribution in [0.15, 0.2) is 40.9 Å². The summed E-state index contributed by atoms with van der Waals surface area (Å²) in [5.41, 5.74) is 7.17. The van der Waals surface area contributed by atoms with Gasteiger partial charge in [0.1, 0.15) is 10.7 Å². The first-order valence-corrected chi connectivity index (χ1v) is 6.47. The van der Waals surface area contributed by atoms with Gasteiger partial charge >= 0.3 is 0 Å². The van der Waals surface area contributed by atoms with Crippen LogP contribution in [0.2, 0.25) is 0 Å². The van der Waals surface area contributed by atoms with E-state index in [9.17, 15) is 0 Å². The number of ether oxygens (including phenoxy) is 1. The maximum Gasteiger partial charge on any atom is 0.220 e. The van der Waals surface area contributed by atoms with E-state index in [0.717, 1.165) is 15.7 Å². The summed E-state index contributed by atoms with van der Waals surface area (Å²) in [5.74, 6) is 1.18. The Morgan fingerprint density at radius 1 is 1.33 bits per heavy atom. The molecule has 0 amide bonds. The highest BCUT2D eigenvalue weighted by molar-refractivity contribution is 9.10. The third-order valence-corrected chi connectivity index (χ3v) is 3.16. The van der Waals surface area contributed by atoms with Gasteiger partial charge in [-0.1, -0.05) is 24.4 Å². The number of aromatic nitrogens is 1. The van der Waals surface area contributed by atoms with Gasteiger partial charge in [-0.15, -0.1) is 0 Å². The minimum absolute atomic E-state index is 0.331. The first kappa shape index (κ1) is 13.0. The van der Waals surface area contributed by atoms with Gasteiger partial charge in [-0.2, -0.15) is 0 Å². The van der Waals surface area contributed by atoms with Gasteiger partial charge in [-0.25, -0.2) is 4.98 Å². The van der Waals surface area contributed by atoms with Crippen LogP contribution in [0.4, 0.5) is 0 Å². The van der Waals surface area contributed by atoms with Crippen molar-refractivity contribution in [1.29, 1.82) is 0 Å². The molecule has 1 aromatic carbocycles. The zero-order valence-electron chi connectivity index (χ0n) is 9.68. The quantitative estimate of drug-likeness (QED) is 0.877. The second-order valence-corrected chi connectivity index (χ2v) is 5.03. The molecule has 2 rings (SSSR count). The molecule has 1 aromatic heterocycles. The van der Waals surface area contributed by atoms with E-state index in [2.05, 4.69) is 20.9 Å². The van der Waals surface area contributed by atoms with Crippen molar-refractivity contribution in [2.24, 2.45) is 5.73 Å². The molecule has 2 N–H and O–H groups in total. The van der Waals surface area contributed by atoms with Crippen LogP contribution in [0.5, 0.6) is 11.6 Å². The summed E-state index contributed by atoms with van der Waals surface area (Å²) in [6, 6.07) is 11.1. The Kier molecular flexibility index (Phi) is 3.93. The maximum absolute atomic E-state index is 5.71. The van der Waals surface area contributed by atoms with E-state index in [-0.39, 0.29) is 0 Å². The lowest BCUT2D eigenvalue weighted by Gasteiger charge is -2.08. The second kappa shape index (κ2) is 5.46. The van der Waals surface area contributed by atoms with E-state index in [1.54, 1.807) is 6.07 Å². The molecule has 0 spiro atoms. The van der Waals surface area contributed by atoms with Gasteiger partial charge in [0.2, 0.25) is 5.88 Å². The monoisotopic (exact) mass is 322 g/mol. The van der Waals surface area contributed by atoms with Gasteiger partial charge in [0.15, 0.2) is 0 Å². The molecular weight excluding hydrogens is 312 g/mol. The average Bonchev–Trinajstić information content (AvgIpc) is 2.31. The van der Waals surface area contributed by atoms with E-state index in [4.69, 9.17) is 22.7 Å². The maximum atomic E-state index is 5.71. The number of hydrogen-bond acceptors (Lipinski definition) is 3. The number of nitrogens with zero attached hydrogens (tertiary/aromatic N) is 1. The summed E-state index contributed by atoms with van der Waals surface area (Å²) in [4.78, 5) is 4.63. The molecule has 0 saturated heterocycles. The SMILES string of the molecule is Cc1cc(C(N)=S)cc(Oc2ccccc2Br)n1. The summed E-state index contributed by atoms with van der Waals surface area (Å²) in [6.07, 6.45) is 0. The van der Waals surface area contributed by atoms with E-state index in [0.29, 0.717) is 16.6 Å². The number of para-hydroxylation sites is 1. The Hall–Kier alpha value is -1.46. The topological polar surface area (TPSA) is 48.1 Å². The Morgan fingerprint density at radius 2 is 2.06 bits per heavy atom. The van der Waals surface area contributed by atoms with E-state index in [1.807, 2.05) is 37.3 Å². The van der Waals surface area contributed by atoms with Crippen molar-refractivity contribution in [3.63, 3.8) is 0 Å². The number of hydrogen-bond donors (Lipinski definition) is 1. The minimum Gasteiger partial charge on any atom is -0.438 e. The summed E-state index contributed by atoms with van der Waals surface area (Å²) >= 11 is 8.37. The van der Waals surface area contributed by atoms with Gasteiger partial charge in [0.25, 0.3) is 0 Å². The molecule has 0 radical (unpaired) electrons. The molecule has 0 bridgehead atoms. The molecule has 92 valence electrons. The number of halogens is 1. The Morgan fingerprint density at radius 3 is 2.72 bits per heavy atom. The highest BCUT2D eigenvalue weighted by Crippen LogP contribution is 2.28. The lowest BCUT2D eigenvalue weighted by molar-refractivity contribution is 0.459. The van der Waals surface area contributed by atoms with Crippen molar-refractivity contribution in [3.05, 3.63) is 52.1 Å². The smallest absolute Gasteiger partial charge is 0.220 e. The molecule has 0 unspecified atom stereocenters. The third kappa shape index (κ3) is 3.05. The van der Waals surface area contributed by atoms with Gasteiger partial charge in [0.05, 0.1) is 4.47 Å². The summed E-state index contributed by atoms with van der Waals surface area (Å²) in [7, 11) is 0. The fraction of sp³-hybridized carbons (Fsp3) is 0.0769. The van der Waals surface area contributed by atoms with Crippen LogP contribution in [0.1, 0.15) is 11.3 Å². The average molecular weight is 323 g/mol. The molecule has 0 fully saturated rings. The summed E-state index contributed by atoms with van der Waals surface area (Å²) < 4.78 is 6.57. The van der Waals surface area contributed by atoms with Crippen molar-refractivity contribution in [1.82, 2.24) is 4.98 Å². The minimum atomic E-state index is 0.331. The Bertz CT molecular complexity index is 601. The molecule has 3 nitrogen and oxygen atoms in total. The summed E-state index contributed by atoms with van der Waals surface area (Å²) in [6.45, 7) is 1.87. The van der Waals surface area contributed by atoms with Crippen LogP contribution in [0.25, 0.3) is 0 Å². The number of nitrogens with two attached hydrogens (primary N) is 1. The fourth-order valence-electron chi connectivity index (χ4n) is 1.47. The van der Waals surface area contributed by atoms with Crippen molar-refractivity contribution in [2.75, 3.05) is 0 Å². The molecule has 0 aliphatic carbocycles. The van der Waals surface area contributed by atoms with Crippen molar-refractivity contribution >= 4 is 33.1 Å². The number of thiocarbonyl (C=S) groups is 1. The van der Waals surface area contributed by atoms with Crippen molar-refractivity contribution in [3.8, 4) is 11.6 Å². The molecule has 1 heterocycles.